The topological polar surface area (TPSA) is 30.7 Å². The number of rotatable bonds is 3. The molecule has 0 radical (unpaired) electrons. The SMILES string of the molecule is CCc1ncnn1Cc1ccc(F)cc1. The number of halogens is 1. The van der Waals surface area contributed by atoms with Gasteiger partial charge in [0.25, 0.3) is 0 Å². The number of aryl methyl sites for hydroxylation is 1. The van der Waals surface area contributed by atoms with Crippen molar-refractivity contribution in [2.75, 3.05) is 0 Å². The van der Waals surface area contributed by atoms with Crippen LogP contribution in [0.15, 0.2) is 30.6 Å². The molecule has 4 heteroatoms. The summed E-state index contributed by atoms with van der Waals surface area (Å²) in [6.45, 7) is 2.68. The van der Waals surface area contributed by atoms with Crippen molar-refractivity contribution in [1.82, 2.24) is 14.8 Å². The van der Waals surface area contributed by atoms with Crippen molar-refractivity contribution < 1.29 is 4.39 Å². The predicted molar refractivity (Wildman–Crippen MR) is 54.9 cm³/mol. The van der Waals surface area contributed by atoms with E-state index in [0.717, 1.165) is 17.8 Å². The second kappa shape index (κ2) is 4.21. The lowest BCUT2D eigenvalue weighted by molar-refractivity contribution is 0.620. The van der Waals surface area contributed by atoms with E-state index in [-0.39, 0.29) is 5.82 Å². The minimum Gasteiger partial charge on any atom is -0.246 e. The fourth-order valence-corrected chi connectivity index (χ4v) is 1.46. The molecule has 2 aromatic rings. The molecule has 1 aromatic heterocycles. The van der Waals surface area contributed by atoms with Crippen molar-refractivity contribution in [2.24, 2.45) is 0 Å². The first-order chi connectivity index (χ1) is 7.29. The zero-order chi connectivity index (χ0) is 10.7. The molecular weight excluding hydrogens is 193 g/mol. The monoisotopic (exact) mass is 205 g/mol. The van der Waals surface area contributed by atoms with Gasteiger partial charge in [-0.1, -0.05) is 19.1 Å². The highest BCUT2D eigenvalue weighted by Crippen LogP contribution is 2.06. The molecule has 0 spiro atoms. The maximum atomic E-state index is 12.7. The van der Waals surface area contributed by atoms with Crippen LogP contribution in [0.5, 0.6) is 0 Å². The Morgan fingerprint density at radius 3 is 2.67 bits per heavy atom. The van der Waals surface area contributed by atoms with Gasteiger partial charge in [-0.15, -0.1) is 0 Å². The molecule has 78 valence electrons. The van der Waals surface area contributed by atoms with Crippen molar-refractivity contribution in [1.29, 1.82) is 0 Å². The summed E-state index contributed by atoms with van der Waals surface area (Å²) in [7, 11) is 0. The van der Waals surface area contributed by atoms with Crippen LogP contribution in [0.25, 0.3) is 0 Å². The molecule has 0 bridgehead atoms. The lowest BCUT2D eigenvalue weighted by Crippen LogP contribution is -2.06. The van der Waals surface area contributed by atoms with Crippen LogP contribution in [-0.4, -0.2) is 14.8 Å². The Bertz CT molecular complexity index is 433. The van der Waals surface area contributed by atoms with Crippen LogP contribution in [0.3, 0.4) is 0 Å². The number of hydrogen-bond acceptors (Lipinski definition) is 2. The highest BCUT2D eigenvalue weighted by Gasteiger charge is 2.02. The van der Waals surface area contributed by atoms with E-state index in [1.54, 1.807) is 18.5 Å². The quantitative estimate of drug-likeness (QED) is 0.767. The molecule has 0 aliphatic carbocycles. The van der Waals surface area contributed by atoms with Crippen molar-refractivity contribution in [2.45, 2.75) is 19.9 Å². The van der Waals surface area contributed by atoms with Gasteiger partial charge in [0.05, 0.1) is 6.54 Å². The Morgan fingerprint density at radius 1 is 1.27 bits per heavy atom. The molecule has 0 amide bonds. The minimum atomic E-state index is -0.215. The van der Waals surface area contributed by atoms with Gasteiger partial charge < -0.3 is 0 Å². The van der Waals surface area contributed by atoms with E-state index in [4.69, 9.17) is 0 Å². The second-order valence-electron chi connectivity index (χ2n) is 3.31. The van der Waals surface area contributed by atoms with Gasteiger partial charge in [-0.05, 0) is 17.7 Å². The van der Waals surface area contributed by atoms with E-state index in [1.807, 2.05) is 11.6 Å². The summed E-state index contributed by atoms with van der Waals surface area (Å²) in [5, 5.41) is 4.12. The van der Waals surface area contributed by atoms with E-state index in [1.165, 1.54) is 12.1 Å². The van der Waals surface area contributed by atoms with Gasteiger partial charge in [-0.3, -0.25) is 0 Å². The highest BCUT2D eigenvalue weighted by atomic mass is 19.1. The molecule has 0 atom stereocenters. The van der Waals surface area contributed by atoms with Crippen LogP contribution < -0.4 is 0 Å². The maximum absolute atomic E-state index is 12.7. The molecule has 0 saturated carbocycles. The van der Waals surface area contributed by atoms with Gasteiger partial charge in [0.2, 0.25) is 0 Å². The van der Waals surface area contributed by atoms with Gasteiger partial charge in [0, 0.05) is 6.42 Å². The smallest absolute Gasteiger partial charge is 0.138 e. The number of benzene rings is 1. The van der Waals surface area contributed by atoms with Gasteiger partial charge in [-0.2, -0.15) is 5.10 Å². The van der Waals surface area contributed by atoms with E-state index in [2.05, 4.69) is 10.1 Å². The summed E-state index contributed by atoms with van der Waals surface area (Å²) in [5.41, 5.74) is 1.02. The molecular formula is C11H12FN3. The van der Waals surface area contributed by atoms with Crippen LogP contribution in [0.1, 0.15) is 18.3 Å². The van der Waals surface area contributed by atoms with Crippen LogP contribution >= 0.6 is 0 Å². The summed E-state index contributed by atoms with van der Waals surface area (Å²) in [6, 6.07) is 6.43. The van der Waals surface area contributed by atoms with Crippen LogP contribution in [-0.2, 0) is 13.0 Å². The molecule has 15 heavy (non-hydrogen) atoms. The average molecular weight is 205 g/mol. The summed E-state index contributed by atoms with van der Waals surface area (Å²) in [6.07, 6.45) is 2.39. The molecule has 1 heterocycles. The third-order valence-electron chi connectivity index (χ3n) is 2.26. The number of nitrogens with zero attached hydrogens (tertiary/aromatic N) is 3. The second-order valence-corrected chi connectivity index (χ2v) is 3.31. The average Bonchev–Trinajstić information content (AvgIpc) is 2.69. The normalized spacial score (nSPS) is 10.5. The molecule has 0 aliphatic heterocycles. The first kappa shape index (κ1) is 9.83. The standard InChI is InChI=1S/C11H12FN3/c1-2-11-13-8-14-15(11)7-9-3-5-10(12)6-4-9/h3-6,8H,2,7H2,1H3. The molecule has 0 fully saturated rings. The minimum absolute atomic E-state index is 0.215. The molecule has 0 N–H and O–H groups in total. The highest BCUT2D eigenvalue weighted by molar-refractivity contribution is 5.16. The van der Waals surface area contributed by atoms with Gasteiger partial charge in [-0.25, -0.2) is 14.1 Å². The Kier molecular flexibility index (Phi) is 2.76. The van der Waals surface area contributed by atoms with E-state index < -0.39 is 0 Å². The van der Waals surface area contributed by atoms with Crippen LogP contribution in [0.4, 0.5) is 4.39 Å². The molecule has 3 nitrogen and oxygen atoms in total. The van der Waals surface area contributed by atoms with Crippen molar-refractivity contribution in [3.05, 3.63) is 47.8 Å². The Labute approximate surface area is 87.6 Å². The van der Waals surface area contributed by atoms with E-state index in [9.17, 15) is 4.39 Å². The lowest BCUT2D eigenvalue weighted by atomic mass is 10.2. The predicted octanol–water partition coefficient (Wildman–Crippen LogP) is 2.03. The largest absolute Gasteiger partial charge is 0.246 e. The zero-order valence-corrected chi connectivity index (χ0v) is 8.52. The van der Waals surface area contributed by atoms with E-state index >= 15 is 0 Å². The number of hydrogen-bond donors (Lipinski definition) is 0. The van der Waals surface area contributed by atoms with Gasteiger partial charge >= 0.3 is 0 Å². The molecule has 0 unspecified atom stereocenters. The van der Waals surface area contributed by atoms with Crippen LogP contribution in [0, 0.1) is 5.82 Å². The number of aromatic nitrogens is 3. The third-order valence-corrected chi connectivity index (χ3v) is 2.26. The summed E-state index contributed by atoms with van der Waals surface area (Å²) >= 11 is 0. The van der Waals surface area contributed by atoms with Crippen molar-refractivity contribution in [3.63, 3.8) is 0 Å². The fourth-order valence-electron chi connectivity index (χ4n) is 1.46. The molecule has 0 aliphatic rings. The Balaban J connectivity index is 2.18. The molecule has 0 saturated heterocycles. The summed E-state index contributed by atoms with van der Waals surface area (Å²) in [5.74, 6) is 0.729. The first-order valence-electron chi connectivity index (χ1n) is 4.90. The van der Waals surface area contributed by atoms with Gasteiger partial charge in [0.1, 0.15) is 18.0 Å². The first-order valence-corrected chi connectivity index (χ1v) is 4.90. The molecule has 1 aromatic carbocycles. The van der Waals surface area contributed by atoms with Gasteiger partial charge in [0.15, 0.2) is 0 Å². The van der Waals surface area contributed by atoms with Crippen LogP contribution in [0.2, 0.25) is 0 Å². The fraction of sp³-hybridized carbons (Fsp3) is 0.273. The van der Waals surface area contributed by atoms with E-state index in [0.29, 0.717) is 6.54 Å². The zero-order valence-electron chi connectivity index (χ0n) is 8.52. The Hall–Kier alpha value is -1.71. The summed E-state index contributed by atoms with van der Waals surface area (Å²) < 4.78 is 14.5. The van der Waals surface area contributed by atoms with Crippen molar-refractivity contribution >= 4 is 0 Å². The summed E-state index contributed by atoms with van der Waals surface area (Å²) in [4.78, 5) is 4.13. The molecule has 2 rings (SSSR count). The maximum Gasteiger partial charge on any atom is 0.138 e. The third kappa shape index (κ3) is 2.21. The van der Waals surface area contributed by atoms with Crippen molar-refractivity contribution in [3.8, 4) is 0 Å². The lowest BCUT2D eigenvalue weighted by Gasteiger charge is -2.04. The Morgan fingerprint density at radius 2 is 2.00 bits per heavy atom.